The Bertz CT molecular complexity index is 838. The van der Waals surface area contributed by atoms with Crippen molar-refractivity contribution in [3.8, 4) is 0 Å². The van der Waals surface area contributed by atoms with E-state index in [1.54, 1.807) is 0 Å². The standard InChI is InChI=1S/C21H30N4O2S/c1-14(2)22-19(26)12-24-18-11-6-5-10-17(18)23-21(24)28-13-20(27)25-15(3)8-7-9-16(25)4/h5-6,10-11,14-16H,7-9,12-13H2,1-4H3,(H,22,26)/t15-,16+. The lowest BCUT2D eigenvalue weighted by Gasteiger charge is -2.39. The number of aromatic nitrogens is 2. The predicted molar refractivity (Wildman–Crippen MR) is 113 cm³/mol. The molecule has 6 nitrogen and oxygen atoms in total. The first-order chi connectivity index (χ1) is 13.4. The number of amides is 2. The lowest BCUT2D eigenvalue weighted by molar-refractivity contribution is -0.134. The molecule has 1 aromatic carbocycles. The maximum absolute atomic E-state index is 12.9. The molecule has 0 saturated carbocycles. The highest BCUT2D eigenvalue weighted by atomic mass is 32.2. The fourth-order valence-electron chi connectivity index (χ4n) is 3.94. The summed E-state index contributed by atoms with van der Waals surface area (Å²) < 4.78 is 1.91. The molecule has 152 valence electrons. The number of benzene rings is 1. The van der Waals surface area contributed by atoms with Crippen LogP contribution < -0.4 is 5.32 Å². The Hall–Kier alpha value is -2.02. The number of para-hydroxylation sites is 2. The fourth-order valence-corrected chi connectivity index (χ4v) is 4.82. The summed E-state index contributed by atoms with van der Waals surface area (Å²) in [6.07, 6.45) is 3.31. The Balaban J connectivity index is 1.77. The molecule has 1 saturated heterocycles. The Morgan fingerprint density at radius 3 is 2.57 bits per heavy atom. The van der Waals surface area contributed by atoms with Gasteiger partial charge in [0.1, 0.15) is 6.54 Å². The second-order valence-electron chi connectivity index (χ2n) is 7.91. The van der Waals surface area contributed by atoms with Gasteiger partial charge in [-0.05, 0) is 59.1 Å². The molecule has 1 aromatic heterocycles. The molecule has 2 amide bonds. The van der Waals surface area contributed by atoms with Crippen molar-refractivity contribution in [1.82, 2.24) is 19.8 Å². The quantitative estimate of drug-likeness (QED) is 0.752. The zero-order valence-electron chi connectivity index (χ0n) is 17.1. The average Bonchev–Trinajstić information content (AvgIpc) is 2.97. The van der Waals surface area contributed by atoms with Crippen molar-refractivity contribution in [2.24, 2.45) is 0 Å². The van der Waals surface area contributed by atoms with Gasteiger partial charge in [-0.1, -0.05) is 23.9 Å². The lowest BCUT2D eigenvalue weighted by Crippen LogP contribution is -2.48. The van der Waals surface area contributed by atoms with E-state index in [1.165, 1.54) is 18.2 Å². The first kappa shape index (κ1) is 20.7. The molecule has 1 fully saturated rings. The van der Waals surface area contributed by atoms with Crippen LogP contribution in [-0.2, 0) is 16.1 Å². The van der Waals surface area contributed by atoms with Crippen molar-refractivity contribution >= 4 is 34.6 Å². The van der Waals surface area contributed by atoms with Crippen LogP contribution in [0.2, 0.25) is 0 Å². The van der Waals surface area contributed by atoms with Gasteiger partial charge in [-0.3, -0.25) is 9.59 Å². The number of nitrogens with zero attached hydrogens (tertiary/aromatic N) is 3. The third-order valence-electron chi connectivity index (χ3n) is 5.18. The molecule has 3 rings (SSSR count). The molecule has 0 bridgehead atoms. The molecule has 2 atom stereocenters. The number of nitrogens with one attached hydrogen (secondary N) is 1. The predicted octanol–water partition coefficient (Wildman–Crippen LogP) is 3.44. The molecule has 1 N–H and O–H groups in total. The Morgan fingerprint density at radius 2 is 1.89 bits per heavy atom. The second-order valence-corrected chi connectivity index (χ2v) is 8.85. The maximum atomic E-state index is 12.9. The summed E-state index contributed by atoms with van der Waals surface area (Å²) in [5.41, 5.74) is 1.76. The van der Waals surface area contributed by atoms with Gasteiger partial charge in [-0.2, -0.15) is 0 Å². The number of thioether (sulfide) groups is 1. The summed E-state index contributed by atoms with van der Waals surface area (Å²) in [6.45, 7) is 8.34. The molecular formula is C21H30N4O2S. The highest BCUT2D eigenvalue weighted by Crippen LogP contribution is 2.27. The molecule has 2 heterocycles. The summed E-state index contributed by atoms with van der Waals surface area (Å²) in [4.78, 5) is 31.9. The normalized spacial score (nSPS) is 20.0. The molecule has 0 aliphatic carbocycles. The van der Waals surface area contributed by atoms with Crippen molar-refractivity contribution in [3.63, 3.8) is 0 Å². The highest BCUT2D eigenvalue weighted by molar-refractivity contribution is 7.99. The Kier molecular flexibility index (Phi) is 6.65. The second kappa shape index (κ2) is 8.99. The number of hydrogen-bond donors (Lipinski definition) is 1. The van der Waals surface area contributed by atoms with E-state index in [0.717, 1.165) is 23.9 Å². The van der Waals surface area contributed by atoms with Crippen LogP contribution in [0.1, 0.15) is 47.0 Å². The fraction of sp³-hybridized carbons (Fsp3) is 0.571. The van der Waals surface area contributed by atoms with Crippen molar-refractivity contribution in [3.05, 3.63) is 24.3 Å². The van der Waals surface area contributed by atoms with Crippen LogP contribution in [0.3, 0.4) is 0 Å². The minimum Gasteiger partial charge on any atom is -0.352 e. The lowest BCUT2D eigenvalue weighted by atomic mass is 9.98. The number of piperidine rings is 1. The van der Waals surface area contributed by atoms with Gasteiger partial charge in [0.25, 0.3) is 0 Å². The minimum atomic E-state index is -0.0513. The van der Waals surface area contributed by atoms with E-state index in [4.69, 9.17) is 0 Å². The third-order valence-corrected chi connectivity index (χ3v) is 6.14. The maximum Gasteiger partial charge on any atom is 0.240 e. The molecule has 0 unspecified atom stereocenters. The van der Waals surface area contributed by atoms with E-state index < -0.39 is 0 Å². The van der Waals surface area contributed by atoms with E-state index in [2.05, 4.69) is 24.1 Å². The summed E-state index contributed by atoms with van der Waals surface area (Å²) in [7, 11) is 0. The molecule has 1 aliphatic rings. The summed E-state index contributed by atoms with van der Waals surface area (Å²) >= 11 is 1.42. The summed E-state index contributed by atoms with van der Waals surface area (Å²) in [6, 6.07) is 8.43. The molecular weight excluding hydrogens is 372 g/mol. The van der Waals surface area contributed by atoms with Crippen molar-refractivity contribution in [1.29, 1.82) is 0 Å². The van der Waals surface area contributed by atoms with E-state index in [-0.39, 0.29) is 36.5 Å². The zero-order valence-corrected chi connectivity index (χ0v) is 18.0. The van der Waals surface area contributed by atoms with E-state index in [9.17, 15) is 9.59 Å². The van der Waals surface area contributed by atoms with Gasteiger partial charge in [-0.25, -0.2) is 4.98 Å². The van der Waals surface area contributed by atoms with Gasteiger partial charge >= 0.3 is 0 Å². The van der Waals surface area contributed by atoms with Crippen molar-refractivity contribution < 1.29 is 9.59 Å². The van der Waals surface area contributed by atoms with Crippen LogP contribution >= 0.6 is 11.8 Å². The van der Waals surface area contributed by atoms with Crippen LogP contribution in [0.15, 0.2) is 29.4 Å². The highest BCUT2D eigenvalue weighted by Gasteiger charge is 2.29. The first-order valence-electron chi connectivity index (χ1n) is 10.1. The van der Waals surface area contributed by atoms with Crippen molar-refractivity contribution in [2.45, 2.75) is 76.8 Å². The smallest absolute Gasteiger partial charge is 0.240 e. The number of carbonyl (C=O) groups excluding carboxylic acids is 2. The number of imidazole rings is 1. The van der Waals surface area contributed by atoms with Gasteiger partial charge in [0.05, 0.1) is 16.8 Å². The van der Waals surface area contributed by atoms with Crippen LogP contribution in [0.4, 0.5) is 0 Å². The number of rotatable bonds is 6. The van der Waals surface area contributed by atoms with Gasteiger partial charge in [0.2, 0.25) is 11.8 Å². The SMILES string of the molecule is CC(C)NC(=O)Cn1c(SCC(=O)N2[C@H](C)CCC[C@@H]2C)nc2ccccc21. The van der Waals surface area contributed by atoms with Gasteiger partial charge in [-0.15, -0.1) is 0 Å². The van der Waals surface area contributed by atoms with E-state index >= 15 is 0 Å². The monoisotopic (exact) mass is 402 g/mol. The largest absolute Gasteiger partial charge is 0.352 e. The third kappa shape index (κ3) is 4.69. The minimum absolute atomic E-state index is 0.0513. The van der Waals surface area contributed by atoms with Crippen molar-refractivity contribution in [2.75, 3.05) is 5.75 Å². The molecule has 0 spiro atoms. The van der Waals surface area contributed by atoms with E-state index in [0.29, 0.717) is 10.9 Å². The molecule has 7 heteroatoms. The first-order valence-corrected chi connectivity index (χ1v) is 11.0. The molecule has 2 aromatic rings. The van der Waals surface area contributed by atoms with Gasteiger partial charge < -0.3 is 14.8 Å². The number of fused-ring (bicyclic) bond motifs is 1. The topological polar surface area (TPSA) is 67.2 Å². The Morgan fingerprint density at radius 1 is 1.21 bits per heavy atom. The number of likely N-dealkylation sites (tertiary alicyclic amines) is 1. The summed E-state index contributed by atoms with van der Waals surface area (Å²) in [5, 5.41) is 3.64. The van der Waals surface area contributed by atoms with Gasteiger partial charge in [0.15, 0.2) is 5.16 Å². The Labute approximate surface area is 171 Å². The number of hydrogen-bond acceptors (Lipinski definition) is 4. The van der Waals surface area contributed by atoms with E-state index in [1.807, 2.05) is 47.6 Å². The van der Waals surface area contributed by atoms with Crippen LogP contribution in [-0.4, -0.2) is 50.1 Å². The molecule has 28 heavy (non-hydrogen) atoms. The van der Waals surface area contributed by atoms with Crippen LogP contribution in [0, 0.1) is 0 Å². The van der Waals surface area contributed by atoms with Crippen LogP contribution in [0.5, 0.6) is 0 Å². The molecule has 0 radical (unpaired) electrons. The summed E-state index contributed by atoms with van der Waals surface area (Å²) in [5.74, 6) is 0.434. The van der Waals surface area contributed by atoms with Gasteiger partial charge in [0, 0.05) is 18.1 Å². The molecule has 1 aliphatic heterocycles. The number of carbonyl (C=O) groups is 2. The average molecular weight is 403 g/mol. The van der Waals surface area contributed by atoms with Crippen LogP contribution in [0.25, 0.3) is 11.0 Å². The zero-order chi connectivity index (χ0) is 20.3.